The van der Waals surface area contributed by atoms with Crippen molar-refractivity contribution in [3.8, 4) is 11.3 Å². The molecular weight excluding hydrogens is 202 g/mol. The third-order valence-corrected chi connectivity index (χ3v) is 2.09. The fourth-order valence-electron chi connectivity index (χ4n) is 1.33. The predicted molar refractivity (Wildman–Crippen MR) is 49.9 cm³/mol. The van der Waals surface area contributed by atoms with Gasteiger partial charge < -0.3 is 10.1 Å². The van der Waals surface area contributed by atoms with E-state index in [0.29, 0.717) is 0 Å². The normalized spacial score (nSPS) is 10.6. The van der Waals surface area contributed by atoms with E-state index in [4.69, 9.17) is 5.11 Å². The van der Waals surface area contributed by atoms with E-state index >= 15 is 0 Å². The molecule has 2 N–H and O–H groups in total. The molecule has 0 aliphatic heterocycles. The highest BCUT2D eigenvalue weighted by molar-refractivity contribution is 5.60. The summed E-state index contributed by atoms with van der Waals surface area (Å²) in [7, 11) is 0. The van der Waals surface area contributed by atoms with Gasteiger partial charge in [0.25, 0.3) is 0 Å². The number of aromatic amines is 1. The summed E-state index contributed by atoms with van der Waals surface area (Å²) in [5.41, 5.74) is 0.160. The van der Waals surface area contributed by atoms with Gasteiger partial charge in [0, 0.05) is 18.0 Å². The maximum Gasteiger partial charge on any atom is 0.222 e. The van der Waals surface area contributed by atoms with Gasteiger partial charge in [0.15, 0.2) is 5.82 Å². The van der Waals surface area contributed by atoms with Gasteiger partial charge in [0.1, 0.15) is 0 Å². The molecule has 2 aromatic heterocycles. The van der Waals surface area contributed by atoms with E-state index in [0.717, 1.165) is 0 Å². The third-order valence-electron chi connectivity index (χ3n) is 2.09. The zero-order valence-electron chi connectivity index (χ0n) is 7.67. The monoisotopic (exact) mass is 210 g/mol. The molecule has 3 nitrogen and oxygen atoms in total. The smallest absolute Gasteiger partial charge is 0.222 e. The van der Waals surface area contributed by atoms with E-state index in [1.54, 1.807) is 0 Å². The zero-order valence-corrected chi connectivity index (χ0v) is 7.67. The molecule has 0 atom stereocenters. The minimum Gasteiger partial charge on any atom is -0.392 e. The molecule has 0 aliphatic carbocycles. The summed E-state index contributed by atoms with van der Waals surface area (Å²) < 4.78 is 26.7. The number of rotatable bonds is 2. The van der Waals surface area contributed by atoms with Crippen molar-refractivity contribution in [2.75, 3.05) is 0 Å². The molecule has 2 rings (SSSR count). The van der Waals surface area contributed by atoms with Crippen LogP contribution in [0.25, 0.3) is 11.3 Å². The lowest BCUT2D eigenvalue weighted by atomic mass is 10.2. The van der Waals surface area contributed by atoms with Gasteiger partial charge in [-0.15, -0.1) is 0 Å². The Hall–Kier alpha value is -1.75. The molecule has 0 saturated carbocycles. The Morgan fingerprint density at radius 3 is 2.80 bits per heavy atom. The van der Waals surface area contributed by atoms with Crippen LogP contribution >= 0.6 is 0 Å². The molecule has 2 heterocycles. The number of pyridine rings is 1. The molecule has 0 saturated heterocycles. The number of hydrogen-bond donors (Lipinski definition) is 2. The van der Waals surface area contributed by atoms with Crippen molar-refractivity contribution in [2.45, 2.75) is 6.61 Å². The van der Waals surface area contributed by atoms with Crippen molar-refractivity contribution in [1.29, 1.82) is 0 Å². The van der Waals surface area contributed by atoms with Crippen LogP contribution in [0.15, 0.2) is 24.5 Å². The van der Waals surface area contributed by atoms with Crippen molar-refractivity contribution in [1.82, 2.24) is 9.97 Å². The van der Waals surface area contributed by atoms with Gasteiger partial charge in [0.05, 0.1) is 17.9 Å². The topological polar surface area (TPSA) is 48.9 Å². The highest BCUT2D eigenvalue weighted by atomic mass is 19.1. The highest BCUT2D eigenvalue weighted by Gasteiger charge is 2.15. The number of nitrogens with one attached hydrogen (secondary N) is 1. The second kappa shape index (κ2) is 3.78. The van der Waals surface area contributed by atoms with E-state index < -0.39 is 18.4 Å². The molecule has 0 unspecified atom stereocenters. The Bertz CT molecular complexity index is 482. The summed E-state index contributed by atoms with van der Waals surface area (Å²) in [6.45, 7) is -0.426. The fraction of sp³-hybridized carbons (Fsp3) is 0.100. The molecule has 15 heavy (non-hydrogen) atoms. The van der Waals surface area contributed by atoms with E-state index in [2.05, 4.69) is 9.97 Å². The number of halogens is 2. The average molecular weight is 210 g/mol. The Morgan fingerprint density at radius 2 is 2.20 bits per heavy atom. The van der Waals surface area contributed by atoms with Crippen molar-refractivity contribution >= 4 is 0 Å². The Labute approximate surface area is 84.4 Å². The third kappa shape index (κ3) is 1.61. The Morgan fingerprint density at radius 1 is 1.40 bits per heavy atom. The molecule has 0 spiro atoms. The number of aromatic nitrogens is 2. The minimum atomic E-state index is -0.747. The SMILES string of the molecule is OCc1c[nH]c(-c2cccnc2F)c1F. The van der Waals surface area contributed by atoms with Crippen LogP contribution in [0.1, 0.15) is 5.56 Å². The highest BCUT2D eigenvalue weighted by Crippen LogP contribution is 2.25. The van der Waals surface area contributed by atoms with Gasteiger partial charge in [-0.05, 0) is 12.1 Å². The van der Waals surface area contributed by atoms with Gasteiger partial charge in [-0.2, -0.15) is 4.39 Å². The molecule has 0 amide bonds. The second-order valence-corrected chi connectivity index (χ2v) is 3.00. The zero-order chi connectivity index (χ0) is 10.8. The summed E-state index contributed by atoms with van der Waals surface area (Å²) in [6, 6.07) is 2.93. The standard InChI is InChI=1S/C10H8F2N2O/c11-8-6(5-15)4-14-9(8)7-2-1-3-13-10(7)12/h1-4,14-15H,5H2. The van der Waals surface area contributed by atoms with Gasteiger partial charge in [-0.25, -0.2) is 9.37 Å². The maximum absolute atomic E-state index is 13.5. The van der Waals surface area contributed by atoms with Crippen LogP contribution in [0.2, 0.25) is 0 Å². The van der Waals surface area contributed by atoms with Crippen LogP contribution < -0.4 is 0 Å². The van der Waals surface area contributed by atoms with Gasteiger partial charge in [-0.3, -0.25) is 0 Å². The first-order chi connectivity index (χ1) is 7.24. The summed E-state index contributed by atoms with van der Waals surface area (Å²) in [6.07, 6.45) is 2.59. The second-order valence-electron chi connectivity index (χ2n) is 3.00. The molecule has 5 heteroatoms. The minimum absolute atomic E-state index is 0.00431. The van der Waals surface area contributed by atoms with Crippen molar-refractivity contribution < 1.29 is 13.9 Å². The summed E-state index contributed by atoms with van der Waals surface area (Å²) in [4.78, 5) is 5.98. The largest absolute Gasteiger partial charge is 0.392 e. The number of hydrogen-bond acceptors (Lipinski definition) is 2. The number of H-pyrrole nitrogens is 1. The molecule has 78 valence electrons. The van der Waals surface area contributed by atoms with E-state index in [9.17, 15) is 8.78 Å². The van der Waals surface area contributed by atoms with Gasteiger partial charge in [0.2, 0.25) is 5.95 Å². The Balaban J connectivity index is 2.55. The summed E-state index contributed by atoms with van der Waals surface area (Å²) in [5.74, 6) is -1.40. The quantitative estimate of drug-likeness (QED) is 0.743. The number of aliphatic hydroxyl groups excluding tert-OH is 1. The Kier molecular flexibility index (Phi) is 2.47. The summed E-state index contributed by atoms with van der Waals surface area (Å²) in [5, 5.41) is 8.78. The van der Waals surface area contributed by atoms with E-state index in [1.165, 1.54) is 24.5 Å². The van der Waals surface area contributed by atoms with Crippen molar-refractivity contribution in [2.24, 2.45) is 0 Å². The fourth-order valence-corrected chi connectivity index (χ4v) is 1.33. The van der Waals surface area contributed by atoms with Crippen LogP contribution in [0.4, 0.5) is 8.78 Å². The molecule has 0 radical (unpaired) electrons. The van der Waals surface area contributed by atoms with E-state index in [1.807, 2.05) is 0 Å². The lowest BCUT2D eigenvalue weighted by Crippen LogP contribution is -1.91. The maximum atomic E-state index is 13.5. The van der Waals surface area contributed by atoms with Crippen molar-refractivity contribution in [3.05, 3.63) is 41.9 Å². The van der Waals surface area contributed by atoms with E-state index in [-0.39, 0.29) is 16.8 Å². The molecule has 0 aromatic carbocycles. The number of aliphatic hydroxyl groups is 1. The average Bonchev–Trinajstić information content (AvgIpc) is 2.60. The van der Waals surface area contributed by atoms with Crippen LogP contribution in [0.3, 0.4) is 0 Å². The molecule has 0 bridgehead atoms. The molecular formula is C10H8F2N2O. The van der Waals surface area contributed by atoms with Crippen LogP contribution in [0, 0.1) is 11.8 Å². The van der Waals surface area contributed by atoms with Crippen LogP contribution in [0.5, 0.6) is 0 Å². The van der Waals surface area contributed by atoms with Crippen LogP contribution in [-0.2, 0) is 6.61 Å². The molecule has 0 aliphatic rings. The van der Waals surface area contributed by atoms with Crippen molar-refractivity contribution in [3.63, 3.8) is 0 Å². The number of nitrogens with zero attached hydrogens (tertiary/aromatic N) is 1. The lowest BCUT2D eigenvalue weighted by Gasteiger charge is -1.99. The first-order valence-electron chi connectivity index (χ1n) is 4.31. The van der Waals surface area contributed by atoms with Gasteiger partial charge >= 0.3 is 0 Å². The summed E-state index contributed by atoms with van der Waals surface area (Å²) >= 11 is 0. The first kappa shape index (κ1) is 9.79. The molecule has 2 aromatic rings. The van der Waals surface area contributed by atoms with Crippen LogP contribution in [-0.4, -0.2) is 15.1 Å². The predicted octanol–water partition coefficient (Wildman–Crippen LogP) is 1.85. The first-order valence-corrected chi connectivity index (χ1v) is 4.31. The van der Waals surface area contributed by atoms with Gasteiger partial charge in [-0.1, -0.05) is 0 Å². The molecule has 0 fully saturated rings. The lowest BCUT2D eigenvalue weighted by molar-refractivity contribution is 0.276.